The quantitative estimate of drug-likeness (QED) is 0.555. The van der Waals surface area contributed by atoms with Crippen LogP contribution in [0.25, 0.3) is 0 Å². The molecule has 0 spiro atoms. The van der Waals surface area contributed by atoms with Gasteiger partial charge in [-0.3, -0.25) is 0 Å². The summed E-state index contributed by atoms with van der Waals surface area (Å²) in [5, 5.41) is 15.4. The first-order valence-electron chi connectivity index (χ1n) is 7.85. The van der Waals surface area contributed by atoms with Crippen molar-refractivity contribution in [2.24, 2.45) is 10.7 Å². The average molecular weight is 331 g/mol. The third-order valence-corrected chi connectivity index (χ3v) is 5.10. The molecule has 0 aliphatic carbocycles. The third kappa shape index (κ3) is 4.81. The van der Waals surface area contributed by atoms with E-state index in [2.05, 4.69) is 36.3 Å². The lowest BCUT2D eigenvalue weighted by Gasteiger charge is -2.19. The van der Waals surface area contributed by atoms with Crippen molar-refractivity contribution in [1.29, 1.82) is 0 Å². The minimum absolute atomic E-state index is 0.220. The Morgan fingerprint density at radius 3 is 2.61 bits per heavy atom. The Balaban J connectivity index is 1.97. The van der Waals surface area contributed by atoms with E-state index >= 15 is 0 Å². The largest absolute Gasteiger partial charge is 0.383 e. The summed E-state index contributed by atoms with van der Waals surface area (Å²) in [5.74, 6) is 0.856. The van der Waals surface area contributed by atoms with Crippen molar-refractivity contribution in [3.8, 4) is 0 Å². The average Bonchev–Trinajstić information content (AvgIpc) is 3.08. The highest BCUT2D eigenvalue weighted by Crippen LogP contribution is 2.25. The molecule has 2 unspecified atom stereocenters. The Morgan fingerprint density at radius 1 is 1.35 bits per heavy atom. The first-order valence-corrected chi connectivity index (χ1v) is 8.73. The van der Waals surface area contributed by atoms with Crippen LogP contribution in [0.1, 0.15) is 43.6 Å². The Hall–Kier alpha value is -1.85. The number of anilines is 1. The van der Waals surface area contributed by atoms with E-state index in [1.807, 2.05) is 29.6 Å². The fourth-order valence-corrected chi connectivity index (χ4v) is 3.00. The molecular formula is C18H25N3OS. The Kier molecular flexibility index (Phi) is 5.80. The van der Waals surface area contributed by atoms with Crippen molar-refractivity contribution < 1.29 is 5.11 Å². The van der Waals surface area contributed by atoms with Gasteiger partial charge in [0.05, 0.1) is 6.54 Å². The number of thiophene rings is 1. The van der Waals surface area contributed by atoms with Crippen LogP contribution >= 0.6 is 11.3 Å². The summed E-state index contributed by atoms with van der Waals surface area (Å²) < 4.78 is 0. The zero-order valence-electron chi connectivity index (χ0n) is 13.9. The van der Waals surface area contributed by atoms with Crippen molar-refractivity contribution in [1.82, 2.24) is 0 Å². The van der Waals surface area contributed by atoms with Crippen molar-refractivity contribution in [2.45, 2.75) is 38.7 Å². The van der Waals surface area contributed by atoms with Gasteiger partial charge in [-0.05, 0) is 48.4 Å². The molecule has 4 nitrogen and oxygen atoms in total. The third-order valence-electron chi connectivity index (χ3n) is 3.97. The van der Waals surface area contributed by atoms with E-state index < -0.39 is 5.60 Å². The van der Waals surface area contributed by atoms with E-state index in [9.17, 15) is 5.11 Å². The molecule has 0 saturated carbocycles. The molecule has 0 aliphatic rings. The van der Waals surface area contributed by atoms with Gasteiger partial charge in [-0.15, -0.1) is 11.3 Å². The fourth-order valence-electron chi connectivity index (χ4n) is 2.22. The van der Waals surface area contributed by atoms with Gasteiger partial charge in [-0.25, -0.2) is 4.99 Å². The van der Waals surface area contributed by atoms with Crippen molar-refractivity contribution in [2.75, 3.05) is 11.9 Å². The zero-order chi connectivity index (χ0) is 16.9. The van der Waals surface area contributed by atoms with E-state index in [-0.39, 0.29) is 6.54 Å². The summed E-state index contributed by atoms with van der Waals surface area (Å²) >= 11 is 1.51. The standard InChI is InChI=1S/C18H25N3OS/c1-4-13(2)14-7-9-15(10-8-14)21-17(19)20-12-18(3,22)16-6-5-11-23-16/h5-11,13,22H,4,12H2,1-3H3,(H3,19,20,21). The number of hydrogen-bond acceptors (Lipinski definition) is 3. The lowest BCUT2D eigenvalue weighted by molar-refractivity contribution is 0.0713. The second-order valence-corrected chi connectivity index (χ2v) is 6.96. The first kappa shape index (κ1) is 17.5. The molecule has 2 aromatic rings. The van der Waals surface area contributed by atoms with Crippen LogP contribution in [-0.2, 0) is 5.60 Å². The van der Waals surface area contributed by atoms with Gasteiger partial charge >= 0.3 is 0 Å². The highest BCUT2D eigenvalue weighted by molar-refractivity contribution is 7.10. The summed E-state index contributed by atoms with van der Waals surface area (Å²) in [6.07, 6.45) is 1.12. The number of nitrogens with zero attached hydrogens (tertiary/aromatic N) is 1. The number of rotatable bonds is 6. The molecule has 2 rings (SSSR count). The number of nitrogens with one attached hydrogen (secondary N) is 1. The van der Waals surface area contributed by atoms with Crippen LogP contribution in [0.5, 0.6) is 0 Å². The number of benzene rings is 1. The number of nitrogens with two attached hydrogens (primary N) is 1. The van der Waals surface area contributed by atoms with E-state index in [4.69, 9.17) is 5.73 Å². The molecule has 4 N–H and O–H groups in total. The summed E-state index contributed by atoms with van der Waals surface area (Å²) in [6, 6.07) is 12.0. The smallest absolute Gasteiger partial charge is 0.193 e. The summed E-state index contributed by atoms with van der Waals surface area (Å²) in [4.78, 5) is 5.14. The van der Waals surface area contributed by atoms with Gasteiger partial charge in [0, 0.05) is 10.6 Å². The molecule has 0 radical (unpaired) electrons. The number of guanidine groups is 1. The van der Waals surface area contributed by atoms with Crippen LogP contribution in [0.2, 0.25) is 0 Å². The van der Waals surface area contributed by atoms with E-state index in [0.29, 0.717) is 11.9 Å². The minimum atomic E-state index is -0.999. The van der Waals surface area contributed by atoms with E-state index in [0.717, 1.165) is 17.0 Å². The number of hydrogen-bond donors (Lipinski definition) is 3. The molecule has 0 aliphatic heterocycles. The van der Waals surface area contributed by atoms with Crippen molar-refractivity contribution in [3.05, 3.63) is 52.2 Å². The molecular weight excluding hydrogens is 306 g/mol. The van der Waals surface area contributed by atoms with E-state index in [1.54, 1.807) is 6.92 Å². The van der Waals surface area contributed by atoms with Crippen LogP contribution in [0.3, 0.4) is 0 Å². The maximum atomic E-state index is 10.4. The van der Waals surface area contributed by atoms with Crippen LogP contribution < -0.4 is 11.1 Å². The molecule has 124 valence electrons. The summed E-state index contributed by atoms with van der Waals surface area (Å²) in [7, 11) is 0. The highest BCUT2D eigenvalue weighted by atomic mass is 32.1. The SMILES string of the molecule is CCC(C)c1ccc(NC(N)=NCC(C)(O)c2cccs2)cc1. The highest BCUT2D eigenvalue weighted by Gasteiger charge is 2.23. The van der Waals surface area contributed by atoms with Crippen molar-refractivity contribution >= 4 is 23.0 Å². The van der Waals surface area contributed by atoms with Gasteiger partial charge < -0.3 is 16.2 Å². The molecule has 0 fully saturated rings. The topological polar surface area (TPSA) is 70.6 Å². The molecule has 0 amide bonds. The molecule has 23 heavy (non-hydrogen) atoms. The predicted octanol–water partition coefficient (Wildman–Crippen LogP) is 3.90. The fraction of sp³-hybridized carbons (Fsp3) is 0.389. The second kappa shape index (κ2) is 7.62. The normalized spacial score (nSPS) is 15.9. The van der Waals surface area contributed by atoms with Crippen LogP contribution in [0, 0.1) is 0 Å². The molecule has 1 aromatic heterocycles. The predicted molar refractivity (Wildman–Crippen MR) is 99.1 cm³/mol. The van der Waals surface area contributed by atoms with Gasteiger partial charge in [0.15, 0.2) is 5.96 Å². The van der Waals surface area contributed by atoms with E-state index in [1.165, 1.54) is 16.9 Å². The Morgan fingerprint density at radius 2 is 2.04 bits per heavy atom. The van der Waals surface area contributed by atoms with Crippen LogP contribution in [0.4, 0.5) is 5.69 Å². The Labute approximate surface area is 142 Å². The molecule has 5 heteroatoms. The number of aliphatic hydroxyl groups is 1. The van der Waals surface area contributed by atoms with Gasteiger partial charge in [0.1, 0.15) is 5.60 Å². The molecule has 2 atom stereocenters. The maximum absolute atomic E-state index is 10.4. The van der Waals surface area contributed by atoms with Gasteiger partial charge in [-0.1, -0.05) is 32.0 Å². The zero-order valence-corrected chi connectivity index (χ0v) is 14.7. The second-order valence-electron chi connectivity index (χ2n) is 6.01. The number of aliphatic imine (C=N–C) groups is 1. The van der Waals surface area contributed by atoms with Crippen LogP contribution in [-0.4, -0.2) is 17.6 Å². The maximum Gasteiger partial charge on any atom is 0.193 e. The summed E-state index contributed by atoms with van der Waals surface area (Å²) in [5.41, 5.74) is 7.13. The molecule has 1 aromatic carbocycles. The van der Waals surface area contributed by atoms with Crippen LogP contribution in [0.15, 0.2) is 46.8 Å². The molecule has 0 saturated heterocycles. The monoisotopic (exact) mass is 331 g/mol. The minimum Gasteiger partial charge on any atom is -0.383 e. The van der Waals surface area contributed by atoms with Gasteiger partial charge in [-0.2, -0.15) is 0 Å². The lowest BCUT2D eigenvalue weighted by Crippen LogP contribution is -2.29. The first-order chi connectivity index (χ1) is 10.9. The molecule has 0 bridgehead atoms. The summed E-state index contributed by atoms with van der Waals surface area (Å²) in [6.45, 7) is 6.36. The molecule has 1 heterocycles. The Bertz CT molecular complexity index is 633. The van der Waals surface area contributed by atoms with Crippen molar-refractivity contribution in [3.63, 3.8) is 0 Å². The van der Waals surface area contributed by atoms with Gasteiger partial charge in [0.25, 0.3) is 0 Å². The lowest BCUT2D eigenvalue weighted by atomic mass is 9.99. The van der Waals surface area contributed by atoms with Gasteiger partial charge in [0.2, 0.25) is 0 Å².